The smallest absolute Gasteiger partial charge is 0.336 e. The molecule has 2 amide bonds. The van der Waals surface area contributed by atoms with E-state index in [0.29, 0.717) is 44.3 Å². The summed E-state index contributed by atoms with van der Waals surface area (Å²) < 4.78 is 5.28. The minimum Gasteiger partial charge on any atom is -0.463 e. The van der Waals surface area contributed by atoms with Crippen LogP contribution in [-0.2, 0) is 9.53 Å². The standard InChI is InChI=1S/C25H25ClN2O4S/c1-2-32-25(31)21-18-8-4-6-10-20(18)33-24(21)28-22(29)15-11-13-16(14-12-15)27-23(30)17-7-3-5-9-19(17)26/h3,5,7,9,11-14,18,20H,2,4,6,8,10H2,1H3,(H,27,30)(H,28,29). The van der Waals surface area contributed by atoms with Crippen LogP contribution in [0.4, 0.5) is 5.69 Å². The van der Waals surface area contributed by atoms with Gasteiger partial charge in [-0.15, -0.1) is 11.8 Å². The van der Waals surface area contributed by atoms with E-state index in [1.807, 2.05) is 0 Å². The first kappa shape index (κ1) is 23.4. The van der Waals surface area contributed by atoms with Crippen LogP contribution in [0.1, 0.15) is 53.3 Å². The summed E-state index contributed by atoms with van der Waals surface area (Å²) in [4.78, 5) is 38.0. The molecule has 1 aliphatic carbocycles. The summed E-state index contributed by atoms with van der Waals surface area (Å²) in [7, 11) is 0. The normalized spacial score (nSPS) is 19.6. The second-order valence-electron chi connectivity index (χ2n) is 7.98. The number of hydrogen-bond donors (Lipinski definition) is 2. The molecule has 2 unspecified atom stereocenters. The van der Waals surface area contributed by atoms with E-state index in [0.717, 1.165) is 25.7 Å². The van der Waals surface area contributed by atoms with E-state index in [1.54, 1.807) is 67.2 Å². The fraction of sp³-hybridized carbons (Fsp3) is 0.320. The molecule has 1 fully saturated rings. The van der Waals surface area contributed by atoms with E-state index >= 15 is 0 Å². The van der Waals surface area contributed by atoms with Crippen LogP contribution in [0.3, 0.4) is 0 Å². The third-order valence-electron chi connectivity index (χ3n) is 5.83. The molecule has 1 saturated carbocycles. The topological polar surface area (TPSA) is 84.5 Å². The van der Waals surface area contributed by atoms with Crippen molar-refractivity contribution in [1.29, 1.82) is 0 Å². The number of anilines is 1. The number of hydrogen-bond acceptors (Lipinski definition) is 5. The largest absolute Gasteiger partial charge is 0.463 e. The number of thioether (sulfide) groups is 1. The van der Waals surface area contributed by atoms with Crippen LogP contribution < -0.4 is 10.6 Å². The van der Waals surface area contributed by atoms with Gasteiger partial charge in [0.15, 0.2) is 0 Å². The Morgan fingerprint density at radius 1 is 1.00 bits per heavy atom. The van der Waals surface area contributed by atoms with Crippen molar-refractivity contribution in [3.63, 3.8) is 0 Å². The highest BCUT2D eigenvalue weighted by Gasteiger charge is 2.41. The zero-order valence-corrected chi connectivity index (χ0v) is 19.8. The molecule has 172 valence electrons. The lowest BCUT2D eigenvalue weighted by molar-refractivity contribution is -0.139. The Hall–Kier alpha value is -2.77. The Morgan fingerprint density at radius 2 is 1.73 bits per heavy atom. The molecule has 2 N–H and O–H groups in total. The number of esters is 1. The van der Waals surface area contributed by atoms with Crippen LogP contribution in [0, 0.1) is 5.92 Å². The summed E-state index contributed by atoms with van der Waals surface area (Å²) in [6.07, 6.45) is 4.17. The summed E-state index contributed by atoms with van der Waals surface area (Å²) in [5.74, 6) is -0.846. The first-order valence-electron chi connectivity index (χ1n) is 11.0. The molecule has 6 nitrogen and oxygen atoms in total. The van der Waals surface area contributed by atoms with Crippen molar-refractivity contribution in [3.8, 4) is 0 Å². The van der Waals surface area contributed by atoms with Crippen LogP contribution in [0.2, 0.25) is 5.02 Å². The lowest BCUT2D eigenvalue weighted by atomic mass is 9.84. The van der Waals surface area contributed by atoms with Crippen molar-refractivity contribution >= 4 is 46.8 Å². The predicted octanol–water partition coefficient (Wildman–Crippen LogP) is 5.40. The molecule has 1 aliphatic heterocycles. The Kier molecular flexibility index (Phi) is 7.40. The molecular formula is C25H25ClN2O4S. The van der Waals surface area contributed by atoms with Crippen LogP contribution in [0.15, 0.2) is 59.1 Å². The Morgan fingerprint density at radius 3 is 2.45 bits per heavy atom. The molecule has 33 heavy (non-hydrogen) atoms. The molecule has 8 heteroatoms. The fourth-order valence-electron chi connectivity index (χ4n) is 4.23. The minimum atomic E-state index is -0.340. The molecule has 0 aromatic heterocycles. The van der Waals surface area contributed by atoms with Crippen LogP contribution in [-0.4, -0.2) is 29.6 Å². The van der Waals surface area contributed by atoms with E-state index in [2.05, 4.69) is 10.6 Å². The van der Waals surface area contributed by atoms with Crippen molar-refractivity contribution in [2.24, 2.45) is 5.92 Å². The summed E-state index contributed by atoms with van der Waals surface area (Å²) in [5, 5.41) is 6.98. The number of carbonyl (C=O) groups is 3. The van der Waals surface area contributed by atoms with Gasteiger partial charge in [0.25, 0.3) is 11.8 Å². The molecule has 4 rings (SSSR count). The highest BCUT2D eigenvalue weighted by Crippen LogP contribution is 2.48. The maximum atomic E-state index is 12.9. The van der Waals surface area contributed by atoms with Gasteiger partial charge >= 0.3 is 5.97 Å². The SMILES string of the molecule is CCOC(=O)C1=C(NC(=O)c2ccc(NC(=O)c3ccccc3Cl)cc2)SC2CCCCC12. The lowest BCUT2D eigenvalue weighted by Gasteiger charge is -2.25. The van der Waals surface area contributed by atoms with Crippen LogP contribution >= 0.6 is 23.4 Å². The fourth-order valence-corrected chi connectivity index (χ4v) is 5.98. The maximum Gasteiger partial charge on any atom is 0.336 e. The van der Waals surface area contributed by atoms with Gasteiger partial charge < -0.3 is 15.4 Å². The Labute approximate surface area is 202 Å². The summed E-state index contributed by atoms with van der Waals surface area (Å²) >= 11 is 7.65. The molecule has 0 bridgehead atoms. The lowest BCUT2D eigenvalue weighted by Crippen LogP contribution is -2.26. The molecule has 0 saturated heterocycles. The monoisotopic (exact) mass is 484 g/mol. The van der Waals surface area contributed by atoms with Gasteiger partial charge in [-0.2, -0.15) is 0 Å². The highest BCUT2D eigenvalue weighted by molar-refractivity contribution is 8.04. The number of halogens is 1. The molecule has 1 heterocycles. The van der Waals surface area contributed by atoms with Crippen LogP contribution in [0.5, 0.6) is 0 Å². The number of benzene rings is 2. The van der Waals surface area contributed by atoms with Gasteiger partial charge in [0.2, 0.25) is 0 Å². The summed E-state index contributed by atoms with van der Waals surface area (Å²) in [6.45, 7) is 2.08. The number of fused-ring (bicyclic) bond motifs is 1. The maximum absolute atomic E-state index is 12.9. The van der Waals surface area contributed by atoms with Crippen molar-refractivity contribution in [2.75, 3.05) is 11.9 Å². The quantitative estimate of drug-likeness (QED) is 0.536. The number of amides is 2. The van der Waals surface area contributed by atoms with E-state index in [-0.39, 0.29) is 23.7 Å². The molecule has 2 aromatic rings. The molecule has 2 atom stereocenters. The first-order valence-corrected chi connectivity index (χ1v) is 12.3. The molecular weight excluding hydrogens is 460 g/mol. The van der Waals surface area contributed by atoms with Gasteiger partial charge in [0.1, 0.15) is 0 Å². The van der Waals surface area contributed by atoms with Gasteiger partial charge in [0, 0.05) is 22.4 Å². The second-order valence-corrected chi connectivity index (χ2v) is 9.63. The third kappa shape index (κ3) is 5.25. The molecule has 0 radical (unpaired) electrons. The van der Waals surface area contributed by atoms with Crippen LogP contribution in [0.25, 0.3) is 0 Å². The number of nitrogens with one attached hydrogen (secondary N) is 2. The number of ether oxygens (including phenoxy) is 1. The van der Waals surface area contributed by atoms with Crippen molar-refractivity contribution < 1.29 is 19.1 Å². The highest BCUT2D eigenvalue weighted by atomic mass is 35.5. The molecule has 0 spiro atoms. The van der Waals surface area contributed by atoms with E-state index < -0.39 is 0 Å². The van der Waals surface area contributed by atoms with Gasteiger partial charge in [-0.25, -0.2) is 4.79 Å². The zero-order chi connectivity index (χ0) is 23.4. The van der Waals surface area contributed by atoms with E-state index in [1.165, 1.54) is 0 Å². The summed E-state index contributed by atoms with van der Waals surface area (Å²) in [6, 6.07) is 13.4. The second kappa shape index (κ2) is 10.4. The predicted molar refractivity (Wildman–Crippen MR) is 130 cm³/mol. The Bertz CT molecular complexity index is 1100. The van der Waals surface area contributed by atoms with Crippen molar-refractivity contribution in [3.05, 3.63) is 75.3 Å². The van der Waals surface area contributed by atoms with Gasteiger partial charge in [-0.1, -0.05) is 36.6 Å². The summed E-state index contributed by atoms with van der Waals surface area (Å²) in [5.41, 5.74) is 1.95. The van der Waals surface area contributed by atoms with Crippen molar-refractivity contribution in [2.45, 2.75) is 37.9 Å². The van der Waals surface area contributed by atoms with Gasteiger partial charge in [0.05, 0.1) is 27.8 Å². The molecule has 2 aliphatic rings. The van der Waals surface area contributed by atoms with E-state index in [4.69, 9.17) is 16.3 Å². The number of rotatable bonds is 6. The average molecular weight is 485 g/mol. The van der Waals surface area contributed by atoms with Gasteiger partial charge in [-0.3, -0.25) is 9.59 Å². The average Bonchev–Trinajstić information content (AvgIpc) is 3.17. The van der Waals surface area contributed by atoms with Crippen molar-refractivity contribution in [1.82, 2.24) is 5.32 Å². The Balaban J connectivity index is 1.46. The minimum absolute atomic E-state index is 0.125. The third-order valence-corrected chi connectivity index (χ3v) is 7.59. The first-order chi connectivity index (χ1) is 16.0. The van der Waals surface area contributed by atoms with Gasteiger partial charge in [-0.05, 0) is 56.2 Å². The van der Waals surface area contributed by atoms with E-state index in [9.17, 15) is 14.4 Å². The number of carbonyl (C=O) groups excluding carboxylic acids is 3. The molecule has 2 aromatic carbocycles. The zero-order valence-electron chi connectivity index (χ0n) is 18.2.